The van der Waals surface area contributed by atoms with Crippen molar-refractivity contribution in [2.45, 2.75) is 39.0 Å². The van der Waals surface area contributed by atoms with Gasteiger partial charge in [0.15, 0.2) is 0 Å². The van der Waals surface area contributed by atoms with E-state index in [9.17, 15) is 9.59 Å². The predicted octanol–water partition coefficient (Wildman–Crippen LogP) is 1.55. The van der Waals surface area contributed by atoms with Crippen LogP contribution in [0.4, 0.5) is 0 Å². The molecule has 1 saturated carbocycles. The van der Waals surface area contributed by atoms with Crippen molar-refractivity contribution in [2.75, 3.05) is 33.0 Å². The number of aldehydes is 1. The van der Waals surface area contributed by atoms with Crippen LogP contribution in [0.5, 0.6) is 0 Å². The molecule has 1 rings (SSSR count). The summed E-state index contributed by atoms with van der Waals surface area (Å²) in [4.78, 5) is 21.9. The SMILES string of the molecule is CCC1CCC(C(=O)NCCOCCOCC=O)CC1. The van der Waals surface area contributed by atoms with Gasteiger partial charge < -0.3 is 19.6 Å². The second-order valence-electron chi connectivity index (χ2n) is 5.27. The van der Waals surface area contributed by atoms with Crippen molar-refractivity contribution in [3.63, 3.8) is 0 Å². The van der Waals surface area contributed by atoms with Gasteiger partial charge in [0, 0.05) is 12.5 Å². The lowest BCUT2D eigenvalue weighted by molar-refractivity contribution is -0.126. The van der Waals surface area contributed by atoms with Gasteiger partial charge in [-0.1, -0.05) is 13.3 Å². The molecule has 5 heteroatoms. The van der Waals surface area contributed by atoms with E-state index in [0.29, 0.717) is 32.7 Å². The van der Waals surface area contributed by atoms with E-state index in [1.54, 1.807) is 0 Å². The fourth-order valence-corrected chi connectivity index (χ4v) is 2.57. The average Bonchev–Trinajstić information content (AvgIpc) is 2.50. The average molecular weight is 285 g/mol. The molecule has 0 aliphatic heterocycles. The van der Waals surface area contributed by atoms with Gasteiger partial charge in [0.1, 0.15) is 12.9 Å². The van der Waals surface area contributed by atoms with Crippen LogP contribution < -0.4 is 5.32 Å². The van der Waals surface area contributed by atoms with Gasteiger partial charge in [-0.15, -0.1) is 0 Å². The fraction of sp³-hybridized carbons (Fsp3) is 0.867. The summed E-state index contributed by atoms with van der Waals surface area (Å²) in [6, 6.07) is 0. The maximum absolute atomic E-state index is 11.9. The van der Waals surface area contributed by atoms with Gasteiger partial charge in [-0.2, -0.15) is 0 Å². The zero-order chi connectivity index (χ0) is 14.6. The second kappa shape index (κ2) is 10.8. The molecule has 0 heterocycles. The molecule has 1 amide bonds. The van der Waals surface area contributed by atoms with E-state index in [1.165, 1.54) is 19.3 Å². The highest BCUT2D eigenvalue weighted by Gasteiger charge is 2.24. The first kappa shape index (κ1) is 17.1. The summed E-state index contributed by atoms with van der Waals surface area (Å²) in [5.41, 5.74) is 0. The highest BCUT2D eigenvalue weighted by molar-refractivity contribution is 5.78. The Morgan fingerprint density at radius 3 is 2.50 bits per heavy atom. The molecule has 0 saturated heterocycles. The Bertz CT molecular complexity index is 275. The van der Waals surface area contributed by atoms with E-state index in [1.807, 2.05) is 0 Å². The van der Waals surface area contributed by atoms with Crippen LogP contribution in [0.2, 0.25) is 0 Å². The normalized spacial score (nSPS) is 22.4. The maximum Gasteiger partial charge on any atom is 0.223 e. The van der Waals surface area contributed by atoms with Crippen molar-refractivity contribution in [3.05, 3.63) is 0 Å². The molecule has 5 nitrogen and oxygen atoms in total. The van der Waals surface area contributed by atoms with Crippen LogP contribution in [0.3, 0.4) is 0 Å². The Labute approximate surface area is 121 Å². The van der Waals surface area contributed by atoms with Crippen LogP contribution >= 0.6 is 0 Å². The van der Waals surface area contributed by atoms with Crippen molar-refractivity contribution >= 4 is 12.2 Å². The predicted molar refractivity (Wildman–Crippen MR) is 76.5 cm³/mol. The first-order chi connectivity index (χ1) is 9.77. The van der Waals surface area contributed by atoms with Gasteiger partial charge in [0.2, 0.25) is 5.91 Å². The van der Waals surface area contributed by atoms with Crippen molar-refractivity contribution in [1.29, 1.82) is 0 Å². The lowest BCUT2D eigenvalue weighted by Gasteiger charge is -2.26. The lowest BCUT2D eigenvalue weighted by atomic mass is 9.80. The van der Waals surface area contributed by atoms with Crippen LogP contribution in [0.1, 0.15) is 39.0 Å². The summed E-state index contributed by atoms with van der Waals surface area (Å²) in [5.74, 6) is 1.17. The quantitative estimate of drug-likeness (QED) is 0.488. The zero-order valence-corrected chi connectivity index (χ0v) is 12.4. The molecule has 1 N–H and O–H groups in total. The van der Waals surface area contributed by atoms with Gasteiger partial charge in [-0.3, -0.25) is 4.79 Å². The molecule has 116 valence electrons. The largest absolute Gasteiger partial charge is 0.377 e. The molecule has 0 atom stereocenters. The lowest BCUT2D eigenvalue weighted by Crippen LogP contribution is -2.35. The van der Waals surface area contributed by atoms with E-state index in [-0.39, 0.29) is 18.4 Å². The number of carbonyl (C=O) groups is 2. The van der Waals surface area contributed by atoms with Crippen molar-refractivity contribution in [2.24, 2.45) is 11.8 Å². The molecule has 0 unspecified atom stereocenters. The summed E-state index contributed by atoms with van der Waals surface area (Å²) in [5, 5.41) is 2.93. The van der Waals surface area contributed by atoms with Crippen molar-refractivity contribution in [1.82, 2.24) is 5.32 Å². The fourth-order valence-electron chi connectivity index (χ4n) is 2.57. The first-order valence-electron chi connectivity index (χ1n) is 7.64. The van der Waals surface area contributed by atoms with E-state index < -0.39 is 0 Å². The number of hydrogen-bond donors (Lipinski definition) is 1. The monoisotopic (exact) mass is 285 g/mol. The second-order valence-corrected chi connectivity index (χ2v) is 5.27. The first-order valence-corrected chi connectivity index (χ1v) is 7.64. The Kier molecular flexibility index (Phi) is 9.24. The molecule has 0 aromatic heterocycles. The van der Waals surface area contributed by atoms with Crippen LogP contribution in [-0.2, 0) is 19.1 Å². The van der Waals surface area contributed by atoms with Crippen LogP contribution in [-0.4, -0.2) is 45.2 Å². The third-order valence-corrected chi connectivity index (χ3v) is 3.90. The molecular weight excluding hydrogens is 258 g/mol. The topological polar surface area (TPSA) is 64.6 Å². The molecule has 1 aliphatic rings. The molecule has 0 spiro atoms. The molecular formula is C15H27NO4. The standard InChI is InChI=1S/C15H27NO4/c1-2-13-3-5-14(6-4-13)15(18)16-7-9-19-11-12-20-10-8-17/h8,13-14H,2-7,9-12H2,1H3,(H,16,18). The van der Waals surface area contributed by atoms with Crippen LogP contribution in [0, 0.1) is 11.8 Å². The van der Waals surface area contributed by atoms with Gasteiger partial charge in [0.05, 0.1) is 19.8 Å². The summed E-state index contributed by atoms with van der Waals surface area (Å²) < 4.78 is 10.2. The summed E-state index contributed by atoms with van der Waals surface area (Å²) in [6.45, 7) is 4.22. The van der Waals surface area contributed by atoms with Crippen LogP contribution in [0.15, 0.2) is 0 Å². The number of carbonyl (C=O) groups excluding carboxylic acids is 2. The number of hydrogen-bond acceptors (Lipinski definition) is 4. The Morgan fingerprint density at radius 2 is 1.85 bits per heavy atom. The minimum absolute atomic E-state index is 0.112. The molecule has 0 radical (unpaired) electrons. The summed E-state index contributed by atoms with van der Waals surface area (Å²) >= 11 is 0. The molecule has 0 aromatic rings. The smallest absolute Gasteiger partial charge is 0.223 e. The molecule has 0 bridgehead atoms. The highest BCUT2D eigenvalue weighted by Crippen LogP contribution is 2.30. The van der Waals surface area contributed by atoms with Gasteiger partial charge >= 0.3 is 0 Å². The van der Waals surface area contributed by atoms with Crippen molar-refractivity contribution in [3.8, 4) is 0 Å². The van der Waals surface area contributed by atoms with Gasteiger partial charge in [-0.05, 0) is 31.6 Å². The minimum atomic E-state index is 0.112. The highest BCUT2D eigenvalue weighted by atomic mass is 16.5. The Hall–Kier alpha value is -0.940. The van der Waals surface area contributed by atoms with Crippen LogP contribution in [0.25, 0.3) is 0 Å². The van der Waals surface area contributed by atoms with E-state index in [2.05, 4.69) is 12.2 Å². The van der Waals surface area contributed by atoms with E-state index in [0.717, 1.165) is 18.8 Å². The molecule has 1 aliphatic carbocycles. The summed E-state index contributed by atoms with van der Waals surface area (Å²) in [7, 11) is 0. The van der Waals surface area contributed by atoms with E-state index in [4.69, 9.17) is 9.47 Å². The molecule has 20 heavy (non-hydrogen) atoms. The number of amides is 1. The van der Waals surface area contributed by atoms with E-state index >= 15 is 0 Å². The zero-order valence-electron chi connectivity index (χ0n) is 12.4. The number of ether oxygens (including phenoxy) is 2. The third-order valence-electron chi connectivity index (χ3n) is 3.90. The number of rotatable bonds is 10. The maximum atomic E-state index is 11.9. The third kappa shape index (κ3) is 7.01. The Morgan fingerprint density at radius 1 is 1.15 bits per heavy atom. The minimum Gasteiger partial charge on any atom is -0.377 e. The van der Waals surface area contributed by atoms with Gasteiger partial charge in [0.25, 0.3) is 0 Å². The molecule has 1 fully saturated rings. The van der Waals surface area contributed by atoms with Crippen molar-refractivity contribution < 1.29 is 19.1 Å². The van der Waals surface area contributed by atoms with Gasteiger partial charge in [-0.25, -0.2) is 0 Å². The Balaban J connectivity index is 1.96. The summed E-state index contributed by atoms with van der Waals surface area (Å²) in [6.07, 6.45) is 6.34. The molecule has 0 aromatic carbocycles. The number of nitrogens with one attached hydrogen (secondary N) is 1.